The second-order valence-electron chi connectivity index (χ2n) is 8.72. The molecule has 0 spiro atoms. The molecule has 1 atom stereocenters. The van der Waals surface area contributed by atoms with Crippen molar-refractivity contribution in [2.24, 2.45) is 0 Å². The molecule has 0 saturated carbocycles. The van der Waals surface area contributed by atoms with Crippen molar-refractivity contribution in [3.05, 3.63) is 75.6 Å². The molecule has 0 saturated heterocycles. The van der Waals surface area contributed by atoms with E-state index in [4.69, 9.17) is 9.15 Å². The van der Waals surface area contributed by atoms with Gasteiger partial charge in [0.1, 0.15) is 11.3 Å². The summed E-state index contributed by atoms with van der Waals surface area (Å²) >= 11 is 0. The zero-order valence-electron chi connectivity index (χ0n) is 20.4. The lowest BCUT2D eigenvalue weighted by Gasteiger charge is -2.26. The van der Waals surface area contributed by atoms with Crippen LogP contribution in [-0.4, -0.2) is 48.5 Å². The minimum Gasteiger partial charge on any atom is -0.494 e. The van der Waals surface area contributed by atoms with Crippen molar-refractivity contribution in [1.29, 1.82) is 0 Å². The Morgan fingerprint density at radius 2 is 1.71 bits per heavy atom. The van der Waals surface area contributed by atoms with Gasteiger partial charge in [-0.2, -0.15) is 0 Å². The Hall–Kier alpha value is -3.12. The van der Waals surface area contributed by atoms with Crippen LogP contribution in [0.1, 0.15) is 67.8 Å². The predicted octanol–water partition coefficient (Wildman–Crippen LogP) is 5.25. The van der Waals surface area contributed by atoms with Gasteiger partial charge in [-0.05, 0) is 62.3 Å². The van der Waals surface area contributed by atoms with Crippen LogP contribution in [0.5, 0.6) is 5.75 Å². The Balaban J connectivity index is 1.70. The SMILES string of the molecule is CCCCOc1ccc(C2c3c(oc4ccccc4c3=O)C(=O)N2CCCN(CC)CC)cc1. The van der Waals surface area contributed by atoms with Crippen molar-refractivity contribution in [2.75, 3.05) is 32.8 Å². The standard InChI is InChI=1S/C28H34N2O4/c1-4-7-19-33-21-15-13-20(14-16-21)25-24-26(31)22-11-8-9-12-23(22)34-27(24)28(32)30(25)18-10-17-29(5-2)6-3/h8-9,11-16,25H,4-7,10,17-19H2,1-3H3. The van der Waals surface area contributed by atoms with E-state index >= 15 is 0 Å². The first kappa shape index (κ1) is 24.0. The number of hydrogen-bond acceptors (Lipinski definition) is 5. The lowest BCUT2D eigenvalue weighted by Crippen LogP contribution is -2.33. The maximum absolute atomic E-state index is 13.5. The van der Waals surface area contributed by atoms with Crippen LogP contribution in [0, 0.1) is 0 Å². The van der Waals surface area contributed by atoms with E-state index in [0.717, 1.165) is 50.2 Å². The number of ether oxygens (including phenoxy) is 1. The predicted molar refractivity (Wildman–Crippen MR) is 135 cm³/mol. The van der Waals surface area contributed by atoms with Gasteiger partial charge in [-0.1, -0.05) is 51.5 Å². The first-order valence-corrected chi connectivity index (χ1v) is 12.4. The highest BCUT2D eigenvalue weighted by Gasteiger charge is 2.42. The normalized spacial score (nSPS) is 15.4. The van der Waals surface area contributed by atoms with E-state index in [-0.39, 0.29) is 17.1 Å². The van der Waals surface area contributed by atoms with Crippen LogP contribution in [0.25, 0.3) is 11.0 Å². The Kier molecular flexibility index (Phi) is 7.68. The fourth-order valence-corrected chi connectivity index (χ4v) is 4.63. The number of para-hydroxylation sites is 1. The molecule has 1 amide bonds. The van der Waals surface area contributed by atoms with Gasteiger partial charge in [-0.15, -0.1) is 0 Å². The molecule has 3 aromatic rings. The number of hydrogen-bond donors (Lipinski definition) is 0. The zero-order valence-corrected chi connectivity index (χ0v) is 20.4. The van der Waals surface area contributed by atoms with E-state index in [1.54, 1.807) is 17.0 Å². The minimum absolute atomic E-state index is 0.135. The van der Waals surface area contributed by atoms with Crippen LogP contribution >= 0.6 is 0 Å². The molecule has 0 N–H and O–H groups in total. The van der Waals surface area contributed by atoms with Gasteiger partial charge < -0.3 is 19.0 Å². The molecule has 1 aliphatic rings. The molecule has 0 aliphatic carbocycles. The number of benzene rings is 2. The van der Waals surface area contributed by atoms with Crippen molar-refractivity contribution in [3.63, 3.8) is 0 Å². The molecule has 1 aliphatic heterocycles. The van der Waals surface area contributed by atoms with E-state index in [1.165, 1.54) is 0 Å². The third-order valence-corrected chi connectivity index (χ3v) is 6.60. The molecule has 0 radical (unpaired) electrons. The Labute approximate surface area is 201 Å². The molecule has 6 nitrogen and oxygen atoms in total. The molecular formula is C28H34N2O4. The second-order valence-corrected chi connectivity index (χ2v) is 8.72. The minimum atomic E-state index is -0.468. The molecular weight excluding hydrogens is 428 g/mol. The highest BCUT2D eigenvalue weighted by molar-refractivity contribution is 5.99. The van der Waals surface area contributed by atoms with Crippen LogP contribution < -0.4 is 10.2 Å². The third kappa shape index (κ3) is 4.73. The fraction of sp³-hybridized carbons (Fsp3) is 0.429. The molecule has 4 rings (SSSR count). The van der Waals surface area contributed by atoms with Gasteiger partial charge in [-0.3, -0.25) is 9.59 Å². The summed E-state index contributed by atoms with van der Waals surface area (Å²) in [4.78, 5) is 31.2. The van der Waals surface area contributed by atoms with E-state index in [9.17, 15) is 9.59 Å². The van der Waals surface area contributed by atoms with Gasteiger partial charge in [0, 0.05) is 6.54 Å². The summed E-state index contributed by atoms with van der Waals surface area (Å²) in [6.45, 7) is 10.5. The quantitative estimate of drug-likeness (QED) is 0.364. The van der Waals surface area contributed by atoms with Gasteiger partial charge in [0.25, 0.3) is 5.91 Å². The smallest absolute Gasteiger partial charge is 0.290 e. The van der Waals surface area contributed by atoms with E-state index in [1.807, 2.05) is 36.4 Å². The highest BCUT2D eigenvalue weighted by Crippen LogP contribution is 2.38. The summed E-state index contributed by atoms with van der Waals surface area (Å²) < 4.78 is 11.8. The van der Waals surface area contributed by atoms with Crippen molar-refractivity contribution in [2.45, 2.75) is 46.1 Å². The van der Waals surface area contributed by atoms with Gasteiger partial charge in [0.15, 0.2) is 5.43 Å². The maximum Gasteiger partial charge on any atom is 0.290 e. The van der Waals surface area contributed by atoms with E-state index < -0.39 is 6.04 Å². The van der Waals surface area contributed by atoms with Crippen molar-refractivity contribution < 1.29 is 13.9 Å². The highest BCUT2D eigenvalue weighted by atomic mass is 16.5. The molecule has 34 heavy (non-hydrogen) atoms. The third-order valence-electron chi connectivity index (χ3n) is 6.60. The van der Waals surface area contributed by atoms with Crippen LogP contribution in [0.4, 0.5) is 0 Å². The lowest BCUT2D eigenvalue weighted by atomic mass is 9.98. The van der Waals surface area contributed by atoms with Gasteiger partial charge >= 0.3 is 0 Å². The molecule has 1 unspecified atom stereocenters. The van der Waals surface area contributed by atoms with Gasteiger partial charge in [-0.25, -0.2) is 0 Å². The zero-order chi connectivity index (χ0) is 24.1. The number of carbonyl (C=O) groups excluding carboxylic acids is 1. The van der Waals surface area contributed by atoms with Crippen LogP contribution in [-0.2, 0) is 0 Å². The van der Waals surface area contributed by atoms with Crippen molar-refractivity contribution in [3.8, 4) is 5.75 Å². The molecule has 2 heterocycles. The van der Waals surface area contributed by atoms with Crippen molar-refractivity contribution >= 4 is 16.9 Å². The average Bonchev–Trinajstić information content (AvgIpc) is 3.14. The fourth-order valence-electron chi connectivity index (χ4n) is 4.63. The number of rotatable bonds is 11. The van der Waals surface area contributed by atoms with Crippen LogP contribution in [0.3, 0.4) is 0 Å². The first-order chi connectivity index (χ1) is 16.6. The van der Waals surface area contributed by atoms with E-state index in [0.29, 0.717) is 29.7 Å². The summed E-state index contributed by atoms with van der Waals surface area (Å²) in [5.41, 5.74) is 1.64. The van der Waals surface area contributed by atoms with Gasteiger partial charge in [0.2, 0.25) is 5.76 Å². The number of carbonyl (C=O) groups is 1. The lowest BCUT2D eigenvalue weighted by molar-refractivity contribution is 0.0720. The monoisotopic (exact) mass is 462 g/mol. The van der Waals surface area contributed by atoms with Crippen LogP contribution in [0.15, 0.2) is 57.7 Å². The Bertz CT molecular complexity index is 1180. The average molecular weight is 463 g/mol. The van der Waals surface area contributed by atoms with Gasteiger partial charge in [0.05, 0.1) is 23.6 Å². The number of unbranched alkanes of at least 4 members (excludes halogenated alkanes) is 1. The summed E-state index contributed by atoms with van der Waals surface area (Å²) in [6, 6.07) is 14.4. The Morgan fingerprint density at radius 3 is 2.41 bits per heavy atom. The largest absolute Gasteiger partial charge is 0.494 e. The molecule has 180 valence electrons. The van der Waals surface area contributed by atoms with Crippen LogP contribution in [0.2, 0.25) is 0 Å². The topological polar surface area (TPSA) is 63.0 Å². The summed E-state index contributed by atoms with van der Waals surface area (Å²) in [6.07, 6.45) is 2.90. The molecule has 6 heteroatoms. The Morgan fingerprint density at radius 1 is 0.971 bits per heavy atom. The maximum atomic E-state index is 13.5. The number of fused-ring (bicyclic) bond motifs is 2. The molecule has 0 fully saturated rings. The number of nitrogens with zero attached hydrogens (tertiary/aromatic N) is 2. The first-order valence-electron chi connectivity index (χ1n) is 12.4. The summed E-state index contributed by atoms with van der Waals surface area (Å²) in [5.74, 6) is 0.742. The molecule has 2 aromatic carbocycles. The van der Waals surface area contributed by atoms with E-state index in [2.05, 4.69) is 25.7 Å². The molecule has 1 aromatic heterocycles. The summed E-state index contributed by atoms with van der Waals surface area (Å²) in [7, 11) is 0. The molecule has 0 bridgehead atoms. The number of amides is 1. The van der Waals surface area contributed by atoms with Crippen molar-refractivity contribution in [1.82, 2.24) is 9.80 Å². The summed E-state index contributed by atoms with van der Waals surface area (Å²) in [5, 5.41) is 0.503. The second kappa shape index (κ2) is 10.9.